The predicted octanol–water partition coefficient (Wildman–Crippen LogP) is 3.37. The lowest BCUT2D eigenvalue weighted by molar-refractivity contribution is -0.122. The maximum Gasteiger partial charge on any atom is 0.227 e. The number of anilines is 1. The Bertz CT molecular complexity index is 617. The monoisotopic (exact) mass is 379 g/mol. The number of amides is 2. The van der Waals surface area contributed by atoms with E-state index in [1.54, 1.807) is 0 Å². The van der Waals surface area contributed by atoms with E-state index in [1.807, 2.05) is 24.3 Å². The minimum absolute atomic E-state index is 0. The van der Waals surface area contributed by atoms with E-state index in [0.717, 1.165) is 56.2 Å². The number of benzene rings is 1. The molecule has 6 heteroatoms. The fraction of sp³-hybridized carbons (Fsp3) is 0.600. The number of nitrogens with one attached hydrogen (secondary N) is 2. The molecular formula is C20H30ClN3O2. The molecule has 3 rings (SSSR count). The molecule has 2 fully saturated rings. The van der Waals surface area contributed by atoms with E-state index in [0.29, 0.717) is 18.9 Å². The van der Waals surface area contributed by atoms with Crippen LogP contribution in [0.5, 0.6) is 0 Å². The minimum Gasteiger partial charge on any atom is -0.352 e. The number of carbonyl (C=O) groups is 2. The van der Waals surface area contributed by atoms with Gasteiger partial charge in [-0.05, 0) is 49.3 Å². The maximum absolute atomic E-state index is 12.2. The first-order valence-corrected chi connectivity index (χ1v) is 9.54. The highest BCUT2D eigenvalue weighted by atomic mass is 35.5. The summed E-state index contributed by atoms with van der Waals surface area (Å²) < 4.78 is 0. The molecule has 0 heterocycles. The highest BCUT2D eigenvalue weighted by Crippen LogP contribution is 2.27. The summed E-state index contributed by atoms with van der Waals surface area (Å²) in [7, 11) is 0. The van der Waals surface area contributed by atoms with Crippen molar-refractivity contribution in [1.29, 1.82) is 0 Å². The van der Waals surface area contributed by atoms with Crippen molar-refractivity contribution in [2.24, 2.45) is 17.6 Å². The average molecular weight is 380 g/mol. The molecule has 0 saturated heterocycles. The summed E-state index contributed by atoms with van der Waals surface area (Å²) in [4.78, 5) is 24.3. The van der Waals surface area contributed by atoms with Gasteiger partial charge in [-0.1, -0.05) is 31.4 Å². The van der Waals surface area contributed by atoms with Crippen LogP contribution in [0.1, 0.15) is 56.9 Å². The molecule has 1 aromatic rings. The van der Waals surface area contributed by atoms with E-state index in [9.17, 15) is 9.59 Å². The van der Waals surface area contributed by atoms with Crippen LogP contribution in [0.2, 0.25) is 0 Å². The summed E-state index contributed by atoms with van der Waals surface area (Å²) in [6.07, 6.45) is 8.00. The third-order valence-electron chi connectivity index (χ3n) is 5.58. The Kier molecular flexibility index (Phi) is 7.91. The van der Waals surface area contributed by atoms with E-state index >= 15 is 0 Å². The second-order valence-electron chi connectivity index (χ2n) is 7.51. The topological polar surface area (TPSA) is 84.2 Å². The quantitative estimate of drug-likeness (QED) is 0.708. The Morgan fingerprint density at radius 3 is 2.54 bits per heavy atom. The van der Waals surface area contributed by atoms with Gasteiger partial charge in [0, 0.05) is 30.6 Å². The lowest BCUT2D eigenvalue weighted by Gasteiger charge is -2.15. The molecule has 1 aromatic carbocycles. The van der Waals surface area contributed by atoms with Gasteiger partial charge < -0.3 is 16.4 Å². The van der Waals surface area contributed by atoms with Gasteiger partial charge in [0.05, 0.1) is 0 Å². The molecule has 144 valence electrons. The Hall–Kier alpha value is -1.59. The van der Waals surface area contributed by atoms with E-state index in [1.165, 1.54) is 0 Å². The zero-order valence-corrected chi connectivity index (χ0v) is 16.0. The summed E-state index contributed by atoms with van der Waals surface area (Å²) in [5.41, 5.74) is 7.83. The van der Waals surface area contributed by atoms with Crippen LogP contribution in [0.3, 0.4) is 0 Å². The van der Waals surface area contributed by atoms with Crippen molar-refractivity contribution in [2.75, 3.05) is 5.32 Å². The van der Waals surface area contributed by atoms with Gasteiger partial charge in [-0.15, -0.1) is 12.4 Å². The molecule has 0 radical (unpaired) electrons. The van der Waals surface area contributed by atoms with Gasteiger partial charge in [0.25, 0.3) is 0 Å². The lowest BCUT2D eigenvalue weighted by Crippen LogP contribution is -2.31. The molecule has 0 aliphatic heterocycles. The average Bonchev–Trinajstić information content (AvgIpc) is 3.26. The molecular weight excluding hydrogens is 350 g/mol. The van der Waals surface area contributed by atoms with E-state index in [4.69, 9.17) is 5.73 Å². The molecule has 2 aliphatic carbocycles. The summed E-state index contributed by atoms with van der Waals surface area (Å²) in [5, 5.41) is 5.98. The Labute approximate surface area is 161 Å². The number of carbonyl (C=O) groups excluding carboxylic acids is 2. The van der Waals surface area contributed by atoms with Gasteiger partial charge in [-0.25, -0.2) is 0 Å². The molecule has 2 aliphatic rings. The Balaban J connectivity index is 0.00000243. The smallest absolute Gasteiger partial charge is 0.227 e. The fourth-order valence-corrected chi connectivity index (χ4v) is 4.02. The Morgan fingerprint density at radius 2 is 1.85 bits per heavy atom. The fourth-order valence-electron chi connectivity index (χ4n) is 4.02. The predicted molar refractivity (Wildman–Crippen MR) is 106 cm³/mol. The van der Waals surface area contributed by atoms with Crippen LogP contribution in [-0.2, 0) is 16.1 Å². The maximum atomic E-state index is 12.2. The number of halogens is 1. The highest BCUT2D eigenvalue weighted by Gasteiger charge is 2.26. The molecule has 0 aromatic heterocycles. The summed E-state index contributed by atoms with van der Waals surface area (Å²) in [5.74, 6) is 0.646. The first-order valence-electron chi connectivity index (χ1n) is 9.54. The van der Waals surface area contributed by atoms with Gasteiger partial charge in [0.1, 0.15) is 0 Å². The van der Waals surface area contributed by atoms with Crippen molar-refractivity contribution in [3.05, 3.63) is 29.8 Å². The molecule has 0 spiro atoms. The molecule has 4 N–H and O–H groups in total. The first-order chi connectivity index (χ1) is 12.1. The van der Waals surface area contributed by atoms with E-state index in [2.05, 4.69) is 10.6 Å². The first kappa shape index (κ1) is 20.7. The molecule has 2 atom stereocenters. The van der Waals surface area contributed by atoms with E-state index < -0.39 is 0 Å². The van der Waals surface area contributed by atoms with Crippen LogP contribution in [0.4, 0.5) is 5.69 Å². The largest absolute Gasteiger partial charge is 0.352 e. The van der Waals surface area contributed by atoms with Crippen LogP contribution in [0, 0.1) is 11.8 Å². The number of rotatable bonds is 6. The zero-order valence-electron chi connectivity index (χ0n) is 15.2. The number of hydrogen-bond acceptors (Lipinski definition) is 3. The van der Waals surface area contributed by atoms with Crippen molar-refractivity contribution in [2.45, 2.75) is 64.0 Å². The number of hydrogen-bond donors (Lipinski definition) is 3. The normalized spacial score (nSPS) is 22.7. The van der Waals surface area contributed by atoms with Crippen LogP contribution >= 0.6 is 12.4 Å². The summed E-state index contributed by atoms with van der Waals surface area (Å²) in [6.45, 7) is 0.480. The van der Waals surface area contributed by atoms with Gasteiger partial charge in [0.2, 0.25) is 11.8 Å². The van der Waals surface area contributed by atoms with E-state index in [-0.39, 0.29) is 36.2 Å². The highest BCUT2D eigenvalue weighted by molar-refractivity contribution is 5.92. The van der Waals surface area contributed by atoms with Crippen LogP contribution in [-0.4, -0.2) is 17.9 Å². The third-order valence-corrected chi connectivity index (χ3v) is 5.58. The van der Waals surface area contributed by atoms with Crippen molar-refractivity contribution >= 4 is 29.9 Å². The standard InChI is InChI=1S/C20H29N3O2.ClH/c21-18-10-4-8-16(18)12-19(24)22-13-14-5-3-9-17(11-14)23-20(25)15-6-1-2-7-15;/h3,5,9,11,15-16,18H,1-2,4,6-8,10,12-13,21H2,(H,22,24)(H,23,25);1H/t16-,18+;/m0./s1. The molecule has 5 nitrogen and oxygen atoms in total. The second kappa shape index (κ2) is 9.93. The van der Waals surface area contributed by atoms with Gasteiger partial charge in [0.15, 0.2) is 0 Å². The van der Waals surface area contributed by atoms with Gasteiger partial charge in [-0.3, -0.25) is 9.59 Å². The van der Waals surface area contributed by atoms with Crippen LogP contribution in [0.25, 0.3) is 0 Å². The Morgan fingerprint density at radius 1 is 1.08 bits per heavy atom. The second-order valence-corrected chi connectivity index (χ2v) is 7.51. The molecule has 0 bridgehead atoms. The van der Waals surface area contributed by atoms with Crippen LogP contribution < -0.4 is 16.4 Å². The summed E-state index contributed by atoms with van der Waals surface area (Å²) in [6, 6.07) is 7.88. The minimum atomic E-state index is 0. The third kappa shape index (κ3) is 5.71. The van der Waals surface area contributed by atoms with Crippen molar-refractivity contribution in [3.63, 3.8) is 0 Å². The zero-order chi connectivity index (χ0) is 17.6. The van der Waals surface area contributed by atoms with Gasteiger partial charge in [-0.2, -0.15) is 0 Å². The molecule has 0 unspecified atom stereocenters. The SMILES string of the molecule is Cl.N[C@@H]1CCC[C@H]1CC(=O)NCc1cccc(NC(=O)C2CCCC2)c1. The van der Waals surface area contributed by atoms with Crippen LogP contribution in [0.15, 0.2) is 24.3 Å². The molecule has 2 saturated carbocycles. The van der Waals surface area contributed by atoms with Crippen molar-refractivity contribution < 1.29 is 9.59 Å². The number of nitrogens with two attached hydrogens (primary N) is 1. The molecule has 2 amide bonds. The van der Waals surface area contributed by atoms with Crippen molar-refractivity contribution in [3.8, 4) is 0 Å². The van der Waals surface area contributed by atoms with Crippen molar-refractivity contribution in [1.82, 2.24) is 5.32 Å². The summed E-state index contributed by atoms with van der Waals surface area (Å²) >= 11 is 0. The van der Waals surface area contributed by atoms with Gasteiger partial charge >= 0.3 is 0 Å². The molecule has 26 heavy (non-hydrogen) atoms. The lowest BCUT2D eigenvalue weighted by atomic mass is 10.00.